The van der Waals surface area contributed by atoms with E-state index in [1.165, 1.54) is 24.3 Å². The van der Waals surface area contributed by atoms with Crippen LogP contribution in [-0.4, -0.2) is 62.3 Å². The average Bonchev–Trinajstić information content (AvgIpc) is 3.58. The zero-order valence-electron chi connectivity index (χ0n) is 25.3. The van der Waals surface area contributed by atoms with Gasteiger partial charge in [-0.15, -0.1) is 0 Å². The second kappa shape index (κ2) is 12.4. The number of fused-ring (bicyclic) bond motifs is 1. The molecule has 0 atom stereocenters. The quantitative estimate of drug-likeness (QED) is 0.216. The van der Waals surface area contributed by atoms with Crippen molar-refractivity contribution in [3.8, 4) is 0 Å². The molecule has 46 heavy (non-hydrogen) atoms. The molecule has 234 valence electrons. The summed E-state index contributed by atoms with van der Waals surface area (Å²) in [4.78, 5) is 43.8. The fourth-order valence-electron chi connectivity index (χ4n) is 6.82. The maximum atomic E-state index is 14.5. The standard InChI is InChI=1S/C36H34F2N6O2/c37-27-14-10-25(11-15-27)36(26-12-16-28(38)17-13-26)34(45)43(33(41-36)31-8-3-4-20-39-31)22-6-5-21-42-23-18-29(19-24-42)44-32-9-2-1-7-30(32)40-35(44)46/h1-4,7-17,20,29H,5-6,18-19,21-24H2,(H,40,46). The highest BCUT2D eigenvalue weighted by Gasteiger charge is 2.51. The number of benzene rings is 3. The maximum absolute atomic E-state index is 14.5. The first-order chi connectivity index (χ1) is 22.4. The van der Waals surface area contributed by atoms with Crippen LogP contribution >= 0.6 is 0 Å². The first-order valence-electron chi connectivity index (χ1n) is 15.7. The molecule has 0 radical (unpaired) electrons. The highest BCUT2D eigenvalue weighted by Crippen LogP contribution is 2.41. The van der Waals surface area contributed by atoms with E-state index in [4.69, 9.17) is 4.99 Å². The molecule has 8 nitrogen and oxygen atoms in total. The third kappa shape index (κ3) is 5.43. The summed E-state index contributed by atoms with van der Waals surface area (Å²) in [6.07, 6.45) is 5.02. The lowest BCUT2D eigenvalue weighted by Crippen LogP contribution is -2.43. The van der Waals surface area contributed by atoms with E-state index in [0.717, 1.165) is 56.4 Å². The van der Waals surface area contributed by atoms with Gasteiger partial charge in [0.1, 0.15) is 17.3 Å². The first-order valence-corrected chi connectivity index (χ1v) is 15.7. The van der Waals surface area contributed by atoms with Gasteiger partial charge < -0.3 is 9.88 Å². The van der Waals surface area contributed by atoms with Crippen LogP contribution in [-0.2, 0) is 10.3 Å². The van der Waals surface area contributed by atoms with Crippen LogP contribution in [0.15, 0.2) is 107 Å². The van der Waals surface area contributed by atoms with Crippen molar-refractivity contribution in [3.05, 3.63) is 136 Å². The average molecular weight is 621 g/mol. The van der Waals surface area contributed by atoms with Crippen molar-refractivity contribution in [2.75, 3.05) is 26.2 Å². The van der Waals surface area contributed by atoms with Gasteiger partial charge in [-0.2, -0.15) is 0 Å². The number of amides is 1. The number of nitrogens with zero attached hydrogens (tertiary/aromatic N) is 5. The van der Waals surface area contributed by atoms with E-state index in [1.54, 1.807) is 41.4 Å². The minimum absolute atomic E-state index is 0.0577. The fourth-order valence-corrected chi connectivity index (χ4v) is 6.82. The summed E-state index contributed by atoms with van der Waals surface area (Å²) in [6.45, 7) is 3.06. The van der Waals surface area contributed by atoms with Gasteiger partial charge in [-0.25, -0.2) is 18.6 Å². The van der Waals surface area contributed by atoms with Crippen molar-refractivity contribution in [1.29, 1.82) is 0 Å². The third-order valence-corrected chi connectivity index (χ3v) is 9.15. The number of para-hydroxylation sites is 2. The second-order valence-electron chi connectivity index (χ2n) is 11.9. The number of carbonyl (C=O) groups is 1. The number of hydrogen-bond donors (Lipinski definition) is 1. The van der Waals surface area contributed by atoms with Crippen LogP contribution in [0.5, 0.6) is 0 Å². The van der Waals surface area contributed by atoms with E-state index in [9.17, 15) is 18.4 Å². The predicted molar refractivity (Wildman–Crippen MR) is 173 cm³/mol. The number of piperidine rings is 1. The molecule has 1 saturated heterocycles. The van der Waals surface area contributed by atoms with E-state index < -0.39 is 17.2 Å². The molecule has 0 saturated carbocycles. The Labute approximate surface area is 265 Å². The van der Waals surface area contributed by atoms with Gasteiger partial charge in [-0.3, -0.25) is 19.2 Å². The number of unbranched alkanes of at least 4 members (excludes halogenated alkanes) is 1. The Kier molecular flexibility index (Phi) is 8.04. The number of aromatic amines is 1. The number of nitrogens with one attached hydrogen (secondary N) is 1. The maximum Gasteiger partial charge on any atom is 0.326 e. The van der Waals surface area contributed by atoms with E-state index in [-0.39, 0.29) is 17.6 Å². The summed E-state index contributed by atoms with van der Waals surface area (Å²) in [5.74, 6) is -0.695. The van der Waals surface area contributed by atoms with Crippen LogP contribution < -0.4 is 5.69 Å². The molecule has 3 aromatic carbocycles. The van der Waals surface area contributed by atoms with Gasteiger partial charge in [0.15, 0.2) is 11.4 Å². The Balaban J connectivity index is 1.07. The Hall–Kier alpha value is -4.96. The van der Waals surface area contributed by atoms with Crippen molar-refractivity contribution < 1.29 is 13.6 Å². The van der Waals surface area contributed by atoms with Gasteiger partial charge in [0, 0.05) is 31.9 Å². The first kappa shape index (κ1) is 29.7. The summed E-state index contributed by atoms with van der Waals surface area (Å²) in [5.41, 5.74) is 1.80. The molecule has 0 aliphatic carbocycles. The van der Waals surface area contributed by atoms with Crippen molar-refractivity contribution >= 4 is 22.8 Å². The van der Waals surface area contributed by atoms with E-state index in [0.29, 0.717) is 29.2 Å². The zero-order valence-corrected chi connectivity index (χ0v) is 25.3. The third-order valence-electron chi connectivity index (χ3n) is 9.15. The number of aromatic nitrogens is 3. The van der Waals surface area contributed by atoms with Crippen LogP contribution in [0.3, 0.4) is 0 Å². The van der Waals surface area contributed by atoms with Crippen molar-refractivity contribution in [1.82, 2.24) is 24.3 Å². The molecule has 0 spiro atoms. The lowest BCUT2D eigenvalue weighted by Gasteiger charge is -2.32. The monoisotopic (exact) mass is 620 g/mol. The van der Waals surface area contributed by atoms with Gasteiger partial charge >= 0.3 is 5.69 Å². The topological polar surface area (TPSA) is 86.6 Å². The number of H-pyrrole nitrogens is 1. The molecule has 7 rings (SSSR count). The molecule has 2 aliphatic heterocycles. The summed E-state index contributed by atoms with van der Waals surface area (Å²) < 4.78 is 29.9. The number of halogens is 2. The predicted octanol–water partition coefficient (Wildman–Crippen LogP) is 5.65. The summed E-state index contributed by atoms with van der Waals surface area (Å²) in [6, 6.07) is 24.9. The van der Waals surface area contributed by atoms with Gasteiger partial charge in [0.2, 0.25) is 0 Å². The Bertz CT molecular complexity index is 1880. The molecule has 10 heteroatoms. The van der Waals surface area contributed by atoms with Crippen LogP contribution in [0.1, 0.15) is 48.5 Å². The molecule has 0 bridgehead atoms. The van der Waals surface area contributed by atoms with Gasteiger partial charge in [-0.05, 0) is 91.9 Å². The van der Waals surface area contributed by atoms with Crippen LogP contribution in [0.2, 0.25) is 0 Å². The number of rotatable bonds is 9. The minimum atomic E-state index is -1.50. The highest BCUT2D eigenvalue weighted by molar-refractivity contribution is 6.16. The van der Waals surface area contributed by atoms with E-state index >= 15 is 0 Å². The molecule has 2 aromatic heterocycles. The summed E-state index contributed by atoms with van der Waals surface area (Å²) >= 11 is 0. The Morgan fingerprint density at radius 1 is 0.783 bits per heavy atom. The van der Waals surface area contributed by atoms with E-state index in [2.05, 4.69) is 14.9 Å². The molecule has 0 unspecified atom stereocenters. The fraction of sp³-hybridized carbons (Fsp3) is 0.278. The number of hydrogen-bond acceptors (Lipinski definition) is 5. The molecular formula is C36H34F2N6O2. The normalized spacial score (nSPS) is 17.1. The summed E-state index contributed by atoms with van der Waals surface area (Å²) in [7, 11) is 0. The zero-order chi connectivity index (χ0) is 31.7. The van der Waals surface area contributed by atoms with Gasteiger partial charge in [0.05, 0.1) is 11.0 Å². The smallest absolute Gasteiger partial charge is 0.306 e. The number of imidazole rings is 1. The van der Waals surface area contributed by atoms with Gasteiger partial charge in [0.25, 0.3) is 5.91 Å². The highest BCUT2D eigenvalue weighted by atomic mass is 19.1. The van der Waals surface area contributed by atoms with Crippen molar-refractivity contribution in [3.63, 3.8) is 0 Å². The van der Waals surface area contributed by atoms with Crippen molar-refractivity contribution in [2.45, 2.75) is 37.3 Å². The number of pyridine rings is 1. The van der Waals surface area contributed by atoms with Crippen molar-refractivity contribution in [2.24, 2.45) is 4.99 Å². The Morgan fingerprint density at radius 2 is 1.41 bits per heavy atom. The van der Waals surface area contributed by atoms with Crippen LogP contribution in [0.25, 0.3) is 11.0 Å². The molecule has 1 fully saturated rings. The Morgan fingerprint density at radius 3 is 2.07 bits per heavy atom. The SMILES string of the molecule is O=C1N(CCCCN2CCC(n3c(=O)[nH]c4ccccc43)CC2)C(c2ccccn2)=NC1(c1ccc(F)cc1)c1ccc(F)cc1. The molecule has 1 N–H and O–H groups in total. The number of amidine groups is 1. The second-order valence-corrected chi connectivity index (χ2v) is 11.9. The molecule has 1 amide bonds. The lowest BCUT2D eigenvalue weighted by atomic mass is 9.82. The lowest BCUT2D eigenvalue weighted by molar-refractivity contribution is -0.130. The molecular weight excluding hydrogens is 586 g/mol. The molecule has 4 heterocycles. The molecule has 5 aromatic rings. The van der Waals surface area contributed by atoms with E-state index in [1.807, 2.05) is 41.0 Å². The largest absolute Gasteiger partial charge is 0.326 e. The van der Waals surface area contributed by atoms with Gasteiger partial charge in [-0.1, -0.05) is 42.5 Å². The summed E-state index contributed by atoms with van der Waals surface area (Å²) in [5, 5.41) is 0. The number of carbonyl (C=O) groups excluding carboxylic acids is 1. The molecule has 2 aliphatic rings. The van der Waals surface area contributed by atoms with Crippen LogP contribution in [0, 0.1) is 11.6 Å². The number of likely N-dealkylation sites (tertiary alicyclic amines) is 1. The van der Waals surface area contributed by atoms with Crippen LogP contribution in [0.4, 0.5) is 8.78 Å². The minimum Gasteiger partial charge on any atom is -0.306 e. The number of aliphatic imine (C=N–C) groups is 1.